The maximum Gasteiger partial charge on any atom is 0.423 e. The lowest BCUT2D eigenvalue weighted by atomic mass is 9.97. The second-order valence-electron chi connectivity index (χ2n) is 10.5. The fourth-order valence-electron chi connectivity index (χ4n) is 4.88. The summed E-state index contributed by atoms with van der Waals surface area (Å²) in [6.45, 7) is 2.79. The molecule has 5 rings (SSSR count). The van der Waals surface area contributed by atoms with Gasteiger partial charge in [0, 0.05) is 25.0 Å². The Balaban J connectivity index is 1.13. The first kappa shape index (κ1) is 31.4. The minimum Gasteiger partial charge on any atom is -0.497 e. The van der Waals surface area contributed by atoms with Crippen molar-refractivity contribution in [3.63, 3.8) is 0 Å². The highest BCUT2D eigenvalue weighted by Crippen LogP contribution is 2.32. The summed E-state index contributed by atoms with van der Waals surface area (Å²) >= 11 is 0. The second kappa shape index (κ2) is 13.7. The number of anilines is 2. The average Bonchev–Trinajstić information content (AvgIpc) is 3.51. The van der Waals surface area contributed by atoms with E-state index in [1.807, 2.05) is 11.0 Å². The van der Waals surface area contributed by atoms with Crippen molar-refractivity contribution in [1.82, 2.24) is 29.9 Å². The van der Waals surface area contributed by atoms with Crippen LogP contribution in [-0.2, 0) is 24.1 Å². The normalized spacial score (nSPS) is 14.6. The van der Waals surface area contributed by atoms with Crippen molar-refractivity contribution < 1.29 is 27.1 Å². The number of alkyl halides is 3. The molecule has 0 saturated carbocycles. The van der Waals surface area contributed by atoms with Gasteiger partial charge in [0.1, 0.15) is 24.0 Å². The summed E-state index contributed by atoms with van der Waals surface area (Å²) in [5.41, 5.74) is -2.05. The van der Waals surface area contributed by atoms with Gasteiger partial charge in [-0.15, -0.1) is 10.2 Å². The molecule has 45 heavy (non-hydrogen) atoms. The maximum absolute atomic E-state index is 14.0. The van der Waals surface area contributed by atoms with Crippen LogP contribution < -0.4 is 20.5 Å². The smallest absolute Gasteiger partial charge is 0.423 e. The molecule has 0 bridgehead atoms. The van der Waals surface area contributed by atoms with Gasteiger partial charge in [0.2, 0.25) is 17.7 Å². The first-order valence-corrected chi connectivity index (χ1v) is 14.1. The van der Waals surface area contributed by atoms with E-state index in [0.717, 1.165) is 23.7 Å². The number of aromatic nitrogens is 6. The van der Waals surface area contributed by atoms with E-state index in [9.17, 15) is 18.0 Å². The lowest BCUT2D eigenvalue weighted by Crippen LogP contribution is -2.34. The molecule has 16 heteroatoms. The molecule has 0 amide bonds. The highest BCUT2D eigenvalue weighted by atomic mass is 19.4. The van der Waals surface area contributed by atoms with Crippen LogP contribution >= 0.6 is 0 Å². The van der Waals surface area contributed by atoms with Crippen molar-refractivity contribution in [2.75, 3.05) is 37.0 Å². The summed E-state index contributed by atoms with van der Waals surface area (Å²) in [5.74, 6) is 1.91. The highest BCUT2D eigenvalue weighted by Gasteiger charge is 2.38. The molecule has 13 nitrogen and oxygen atoms in total. The number of ether oxygens (including phenoxy) is 2. The summed E-state index contributed by atoms with van der Waals surface area (Å²) in [7, 11) is 1.50. The number of piperidine rings is 1. The Hall–Kier alpha value is -5.04. The first-order valence-electron chi connectivity index (χ1n) is 14.1. The number of nitriles is 1. The molecule has 1 fully saturated rings. The Morgan fingerprint density at radius 3 is 2.49 bits per heavy atom. The Labute approximate surface area is 255 Å². The predicted octanol–water partition coefficient (Wildman–Crippen LogP) is 3.76. The number of hydrogen-bond donors (Lipinski definition) is 1. The Morgan fingerprint density at radius 2 is 1.84 bits per heavy atom. The van der Waals surface area contributed by atoms with Crippen LogP contribution in [-0.4, -0.2) is 62.8 Å². The lowest BCUT2D eigenvalue weighted by molar-refractivity contribution is -0.138. The molecule has 1 aliphatic rings. The van der Waals surface area contributed by atoms with Crippen molar-refractivity contribution >= 4 is 11.6 Å². The minimum atomic E-state index is -4.91. The highest BCUT2D eigenvalue weighted by molar-refractivity contribution is 5.50. The average molecular weight is 626 g/mol. The lowest BCUT2D eigenvalue weighted by Gasteiger charge is -2.30. The Bertz CT molecular complexity index is 1680. The van der Waals surface area contributed by atoms with Crippen molar-refractivity contribution in [3.8, 4) is 11.8 Å². The third-order valence-corrected chi connectivity index (χ3v) is 7.19. The fourth-order valence-corrected chi connectivity index (χ4v) is 4.88. The molecule has 0 spiro atoms. The number of hydrogen-bond acceptors (Lipinski definition) is 12. The molecule has 1 aromatic carbocycles. The van der Waals surface area contributed by atoms with Gasteiger partial charge in [0.25, 0.3) is 5.56 Å². The molecule has 4 aromatic rings. The zero-order valence-corrected chi connectivity index (χ0v) is 24.5. The van der Waals surface area contributed by atoms with Gasteiger partial charge in [0.05, 0.1) is 50.1 Å². The molecule has 0 aliphatic carbocycles. The molecule has 236 valence electrons. The van der Waals surface area contributed by atoms with E-state index in [-0.39, 0.29) is 31.6 Å². The molecule has 1 N–H and O–H groups in total. The number of benzene rings is 1. The predicted molar refractivity (Wildman–Crippen MR) is 154 cm³/mol. The molecule has 1 atom stereocenters. The largest absolute Gasteiger partial charge is 0.497 e. The van der Waals surface area contributed by atoms with Gasteiger partial charge in [-0.25, -0.2) is 14.6 Å². The molecule has 1 aliphatic heterocycles. The van der Waals surface area contributed by atoms with Gasteiger partial charge in [-0.2, -0.15) is 23.5 Å². The van der Waals surface area contributed by atoms with E-state index in [4.69, 9.17) is 19.2 Å². The number of halogens is 3. The molecule has 4 heterocycles. The number of methoxy groups -OCH3 is 1. The van der Waals surface area contributed by atoms with Crippen molar-refractivity contribution in [2.24, 2.45) is 0 Å². The number of nitrogens with one attached hydrogen (secondary N) is 1. The monoisotopic (exact) mass is 625 g/mol. The first-order chi connectivity index (χ1) is 21.6. The van der Waals surface area contributed by atoms with Crippen LogP contribution in [0.1, 0.15) is 54.2 Å². The molecule has 1 unspecified atom stereocenters. The summed E-state index contributed by atoms with van der Waals surface area (Å²) in [4.78, 5) is 23.3. The van der Waals surface area contributed by atoms with Gasteiger partial charge >= 0.3 is 6.18 Å². The minimum absolute atomic E-state index is 0.00702. The van der Waals surface area contributed by atoms with Crippen LogP contribution in [0.3, 0.4) is 0 Å². The van der Waals surface area contributed by atoms with Crippen LogP contribution in [0.2, 0.25) is 0 Å². The Kier molecular flexibility index (Phi) is 9.57. The van der Waals surface area contributed by atoms with Crippen LogP contribution in [0, 0.1) is 11.3 Å². The third-order valence-electron chi connectivity index (χ3n) is 7.19. The molecule has 1 saturated heterocycles. The summed E-state index contributed by atoms with van der Waals surface area (Å²) in [6.07, 6.45) is 0.538. The van der Waals surface area contributed by atoms with Crippen LogP contribution in [0.5, 0.6) is 5.75 Å². The van der Waals surface area contributed by atoms with Gasteiger partial charge in [-0.1, -0.05) is 12.1 Å². The second-order valence-corrected chi connectivity index (χ2v) is 10.5. The van der Waals surface area contributed by atoms with Crippen LogP contribution in [0.4, 0.5) is 24.8 Å². The van der Waals surface area contributed by atoms with E-state index >= 15 is 0 Å². The summed E-state index contributed by atoms with van der Waals surface area (Å²) in [6, 6.07) is 7.98. The van der Waals surface area contributed by atoms with Crippen molar-refractivity contribution in [2.45, 2.75) is 51.1 Å². The van der Waals surface area contributed by atoms with Crippen molar-refractivity contribution in [1.29, 1.82) is 5.26 Å². The number of nitrogens with zero attached hydrogens (tertiary/aromatic N) is 8. The molecular weight excluding hydrogens is 595 g/mol. The topological polar surface area (TPSA) is 157 Å². The summed E-state index contributed by atoms with van der Waals surface area (Å²) in [5, 5.41) is 23.8. The fraction of sp³-hybridized carbons (Fsp3) is 0.414. The van der Waals surface area contributed by atoms with E-state index in [1.165, 1.54) is 19.5 Å². The third kappa shape index (κ3) is 7.73. The van der Waals surface area contributed by atoms with Gasteiger partial charge in [0.15, 0.2) is 0 Å². The van der Waals surface area contributed by atoms with E-state index in [1.54, 1.807) is 31.2 Å². The molecule has 0 radical (unpaired) electrons. The SMILES string of the molecule is COc1ccc(Cn2ncc(NC(C)COCc3nnc(C4CCN(c5ncc(C#N)cn5)CC4)o3)c(C(F)(F)F)c2=O)cc1. The number of rotatable bonds is 11. The molecular formula is C29H30F3N9O4. The molecule has 3 aromatic heterocycles. The van der Waals surface area contributed by atoms with Gasteiger partial charge in [-0.3, -0.25) is 4.79 Å². The van der Waals surface area contributed by atoms with E-state index in [2.05, 4.69) is 30.6 Å². The summed E-state index contributed by atoms with van der Waals surface area (Å²) < 4.78 is 59.2. The van der Waals surface area contributed by atoms with E-state index in [0.29, 0.717) is 41.8 Å². The maximum atomic E-state index is 14.0. The Morgan fingerprint density at radius 1 is 1.13 bits per heavy atom. The van der Waals surface area contributed by atoms with Crippen LogP contribution in [0.25, 0.3) is 0 Å². The van der Waals surface area contributed by atoms with Gasteiger partial charge in [-0.05, 0) is 37.5 Å². The van der Waals surface area contributed by atoms with Crippen molar-refractivity contribution in [3.05, 3.63) is 81.7 Å². The van der Waals surface area contributed by atoms with Crippen LogP contribution in [0.15, 0.2) is 52.1 Å². The van der Waals surface area contributed by atoms with E-state index < -0.39 is 29.0 Å². The van der Waals surface area contributed by atoms with Gasteiger partial charge < -0.3 is 24.1 Å². The zero-order valence-electron chi connectivity index (χ0n) is 24.5. The zero-order chi connectivity index (χ0) is 32.0. The standard InChI is InChI=1S/C29H30F3N9O4/c1-18(37-23-14-36-41(27(42)25(23)29(30,31)32)15-19-3-5-22(43-2)6-4-19)16-44-17-24-38-39-26(45-24)21-7-9-40(10-8-21)28-34-12-20(11-33)13-35-28/h3-6,12-14,18,21,37H,7-10,15-17H2,1-2H3. The quantitative estimate of drug-likeness (QED) is 0.258.